The highest BCUT2D eigenvalue weighted by molar-refractivity contribution is 7.92. The number of nitrogens with zero attached hydrogens (tertiary/aromatic N) is 1. The highest BCUT2D eigenvalue weighted by atomic mass is 32.2. The lowest BCUT2D eigenvalue weighted by Gasteiger charge is -2.25. The van der Waals surface area contributed by atoms with E-state index in [2.05, 4.69) is 5.32 Å². The first-order chi connectivity index (χ1) is 16.6. The molecule has 4 rings (SSSR count). The van der Waals surface area contributed by atoms with Crippen molar-refractivity contribution < 1.29 is 26.4 Å². The lowest BCUT2D eigenvalue weighted by atomic mass is 10.1. The highest BCUT2D eigenvalue weighted by Gasteiger charge is 2.33. The topological polar surface area (TPSA) is 66.5 Å². The number of alkyl halides is 3. The van der Waals surface area contributed by atoms with Crippen LogP contribution in [0.3, 0.4) is 0 Å². The fourth-order valence-electron chi connectivity index (χ4n) is 3.64. The summed E-state index contributed by atoms with van der Waals surface area (Å²) in [5.74, 6) is -0.700. The van der Waals surface area contributed by atoms with Crippen molar-refractivity contribution in [2.75, 3.05) is 16.2 Å². The lowest BCUT2D eigenvalue weighted by molar-refractivity contribution is -0.137. The predicted octanol–water partition coefficient (Wildman–Crippen LogP) is 6.00. The van der Waals surface area contributed by atoms with Gasteiger partial charge in [0.2, 0.25) is 5.91 Å². The molecule has 0 fully saturated rings. The van der Waals surface area contributed by atoms with Gasteiger partial charge in [-0.1, -0.05) is 60.2 Å². The van der Waals surface area contributed by atoms with Crippen LogP contribution in [0.15, 0.2) is 95.9 Å². The number of aryl methyl sites for hydroxylation is 1. The van der Waals surface area contributed by atoms with E-state index in [-0.39, 0.29) is 10.6 Å². The molecule has 5 nitrogen and oxygen atoms in total. The van der Waals surface area contributed by atoms with E-state index in [9.17, 15) is 26.4 Å². The minimum atomic E-state index is -4.68. The molecule has 4 aromatic rings. The standard InChI is InChI=1S/C26H21F3N2O3S/c1-18-12-14-22(15-13-18)35(33,34)31(21-9-5-8-20(16-21)26(27,28)29)17-25(32)30-24-11-4-7-19-6-2-3-10-23(19)24/h2-16H,17H2,1H3,(H,30,32). The molecule has 1 amide bonds. The van der Waals surface area contributed by atoms with Crippen LogP contribution in [-0.2, 0) is 21.0 Å². The predicted molar refractivity (Wildman–Crippen MR) is 130 cm³/mol. The van der Waals surface area contributed by atoms with E-state index in [1.807, 2.05) is 18.2 Å². The van der Waals surface area contributed by atoms with E-state index in [0.717, 1.165) is 34.5 Å². The summed E-state index contributed by atoms with van der Waals surface area (Å²) in [4.78, 5) is 12.9. The summed E-state index contributed by atoms with van der Waals surface area (Å²) in [6.07, 6.45) is -4.68. The van der Waals surface area contributed by atoms with Crippen LogP contribution in [0.5, 0.6) is 0 Å². The Balaban J connectivity index is 1.73. The zero-order valence-corrected chi connectivity index (χ0v) is 19.4. The maximum atomic E-state index is 13.5. The van der Waals surface area contributed by atoms with Crippen LogP contribution in [-0.4, -0.2) is 20.9 Å². The molecule has 9 heteroatoms. The van der Waals surface area contributed by atoms with E-state index < -0.39 is 34.2 Å². The smallest absolute Gasteiger partial charge is 0.324 e. The first-order valence-corrected chi connectivity index (χ1v) is 12.0. The average molecular weight is 499 g/mol. The van der Waals surface area contributed by atoms with Crippen LogP contribution in [0.4, 0.5) is 24.5 Å². The number of hydrogen-bond acceptors (Lipinski definition) is 3. The molecule has 0 aromatic heterocycles. The van der Waals surface area contributed by atoms with Gasteiger partial charge in [-0.25, -0.2) is 8.42 Å². The summed E-state index contributed by atoms with van der Waals surface area (Å²) in [6, 6.07) is 22.4. The van der Waals surface area contributed by atoms with Gasteiger partial charge in [-0.15, -0.1) is 0 Å². The van der Waals surface area contributed by atoms with Gasteiger partial charge in [0.25, 0.3) is 10.0 Å². The molecule has 0 saturated heterocycles. The molecule has 0 saturated carbocycles. The monoisotopic (exact) mass is 498 g/mol. The van der Waals surface area contributed by atoms with Gasteiger partial charge in [0.15, 0.2) is 0 Å². The number of carbonyl (C=O) groups excluding carboxylic acids is 1. The number of hydrogen-bond donors (Lipinski definition) is 1. The Hall–Kier alpha value is -3.85. The van der Waals surface area contributed by atoms with E-state index in [1.54, 1.807) is 43.3 Å². The molecule has 4 aromatic carbocycles. The second-order valence-corrected chi connectivity index (χ2v) is 9.81. The third-order valence-electron chi connectivity index (χ3n) is 5.42. The number of carbonyl (C=O) groups is 1. The molecule has 35 heavy (non-hydrogen) atoms. The number of nitrogens with one attached hydrogen (secondary N) is 1. The molecule has 0 atom stereocenters. The van der Waals surface area contributed by atoms with Gasteiger partial charge < -0.3 is 5.32 Å². The van der Waals surface area contributed by atoms with Crippen molar-refractivity contribution in [3.05, 3.63) is 102 Å². The zero-order chi connectivity index (χ0) is 25.2. The maximum absolute atomic E-state index is 13.5. The van der Waals surface area contributed by atoms with Crippen molar-refractivity contribution in [1.29, 1.82) is 0 Å². The van der Waals surface area contributed by atoms with Crippen molar-refractivity contribution >= 4 is 38.1 Å². The van der Waals surface area contributed by atoms with Gasteiger partial charge in [-0.3, -0.25) is 9.10 Å². The van der Waals surface area contributed by atoms with Gasteiger partial charge in [-0.2, -0.15) is 13.2 Å². The van der Waals surface area contributed by atoms with Crippen LogP contribution in [0.2, 0.25) is 0 Å². The van der Waals surface area contributed by atoms with E-state index in [4.69, 9.17) is 0 Å². The van der Waals surface area contributed by atoms with Crippen molar-refractivity contribution in [3.8, 4) is 0 Å². The fourth-order valence-corrected chi connectivity index (χ4v) is 5.06. The minimum Gasteiger partial charge on any atom is -0.324 e. The largest absolute Gasteiger partial charge is 0.416 e. The highest BCUT2D eigenvalue weighted by Crippen LogP contribution is 2.33. The molecular weight excluding hydrogens is 477 g/mol. The van der Waals surface area contributed by atoms with Crippen molar-refractivity contribution in [1.82, 2.24) is 0 Å². The number of benzene rings is 4. The Kier molecular flexibility index (Phi) is 6.53. The van der Waals surface area contributed by atoms with Crippen molar-refractivity contribution in [2.24, 2.45) is 0 Å². The molecule has 0 bridgehead atoms. The Morgan fingerprint density at radius 2 is 1.54 bits per heavy atom. The van der Waals surface area contributed by atoms with Crippen LogP contribution < -0.4 is 9.62 Å². The molecule has 0 radical (unpaired) electrons. The number of amides is 1. The fraction of sp³-hybridized carbons (Fsp3) is 0.115. The second kappa shape index (κ2) is 9.42. The maximum Gasteiger partial charge on any atom is 0.416 e. The Morgan fingerprint density at radius 3 is 2.26 bits per heavy atom. The first kappa shape index (κ1) is 24.3. The zero-order valence-electron chi connectivity index (χ0n) is 18.6. The number of anilines is 2. The van der Waals surface area contributed by atoms with Gasteiger partial charge in [-0.05, 0) is 48.7 Å². The molecule has 0 aliphatic heterocycles. The van der Waals surface area contributed by atoms with Crippen LogP contribution >= 0.6 is 0 Å². The normalized spacial score (nSPS) is 11.9. The van der Waals surface area contributed by atoms with Gasteiger partial charge in [0.05, 0.1) is 16.1 Å². The number of sulfonamides is 1. The first-order valence-electron chi connectivity index (χ1n) is 10.6. The van der Waals surface area contributed by atoms with Crippen molar-refractivity contribution in [2.45, 2.75) is 18.0 Å². The Bertz CT molecular complexity index is 1480. The summed E-state index contributed by atoms with van der Waals surface area (Å²) in [5, 5.41) is 4.31. The molecule has 0 aliphatic carbocycles. The van der Waals surface area contributed by atoms with Gasteiger partial charge in [0.1, 0.15) is 6.54 Å². The molecular formula is C26H21F3N2O3S. The molecule has 1 N–H and O–H groups in total. The van der Waals surface area contributed by atoms with Crippen LogP contribution in [0.25, 0.3) is 10.8 Å². The quantitative estimate of drug-likeness (QED) is 0.355. The molecule has 180 valence electrons. The number of rotatable bonds is 6. The van der Waals surface area contributed by atoms with Gasteiger partial charge in [0, 0.05) is 11.1 Å². The van der Waals surface area contributed by atoms with Crippen LogP contribution in [0.1, 0.15) is 11.1 Å². The number of fused-ring (bicyclic) bond motifs is 1. The summed E-state index contributed by atoms with van der Waals surface area (Å²) >= 11 is 0. The summed E-state index contributed by atoms with van der Waals surface area (Å²) < 4.78 is 67.7. The van der Waals surface area contributed by atoms with Gasteiger partial charge >= 0.3 is 6.18 Å². The molecule has 0 spiro atoms. The minimum absolute atomic E-state index is 0.140. The van der Waals surface area contributed by atoms with Crippen molar-refractivity contribution in [3.63, 3.8) is 0 Å². The van der Waals surface area contributed by atoms with E-state index in [0.29, 0.717) is 9.99 Å². The SMILES string of the molecule is Cc1ccc(S(=O)(=O)N(CC(=O)Nc2cccc3ccccc23)c2cccc(C(F)(F)F)c2)cc1. The molecule has 0 aliphatic rings. The third kappa shape index (κ3) is 5.30. The van der Waals surface area contributed by atoms with Crippen LogP contribution in [0, 0.1) is 6.92 Å². The summed E-state index contributed by atoms with van der Waals surface area (Å²) in [6.45, 7) is 1.05. The lowest BCUT2D eigenvalue weighted by Crippen LogP contribution is -2.38. The molecule has 0 heterocycles. The Morgan fingerprint density at radius 1 is 0.886 bits per heavy atom. The molecule has 0 unspecified atom stereocenters. The Labute approximate surface area is 200 Å². The van der Waals surface area contributed by atoms with E-state index >= 15 is 0 Å². The average Bonchev–Trinajstić information content (AvgIpc) is 2.82. The third-order valence-corrected chi connectivity index (χ3v) is 7.21. The summed E-state index contributed by atoms with van der Waals surface area (Å²) in [5.41, 5.74) is -0.0184. The summed E-state index contributed by atoms with van der Waals surface area (Å²) in [7, 11) is -4.36. The second-order valence-electron chi connectivity index (χ2n) is 7.95. The van der Waals surface area contributed by atoms with E-state index in [1.165, 1.54) is 18.2 Å². The number of halogens is 3.